The number of hydrogen-bond donors (Lipinski definition) is 1. The molecule has 2 fully saturated rings. The third-order valence-electron chi connectivity index (χ3n) is 7.09. The van der Waals surface area contributed by atoms with E-state index in [0.29, 0.717) is 0 Å². The third-order valence-corrected chi connectivity index (χ3v) is 7.09. The van der Waals surface area contributed by atoms with Crippen LogP contribution in [0.2, 0.25) is 0 Å². The van der Waals surface area contributed by atoms with E-state index in [9.17, 15) is 9.59 Å². The molecule has 2 aromatic carbocycles. The summed E-state index contributed by atoms with van der Waals surface area (Å²) < 4.78 is 6.52. The Morgan fingerprint density at radius 3 is 2.72 bits per heavy atom. The zero-order valence-electron chi connectivity index (χ0n) is 16.9. The Morgan fingerprint density at radius 2 is 1.90 bits per heavy atom. The smallest absolute Gasteiger partial charge is 0.238 e. The van der Waals surface area contributed by atoms with Crippen LogP contribution in [0.15, 0.2) is 48.5 Å². The summed E-state index contributed by atoms with van der Waals surface area (Å²) >= 11 is 0. The van der Waals surface area contributed by atoms with Gasteiger partial charge in [0.1, 0.15) is 11.7 Å². The van der Waals surface area contributed by atoms with Gasteiger partial charge in [-0.3, -0.25) is 9.59 Å². The van der Waals surface area contributed by atoms with E-state index in [1.807, 2.05) is 55.5 Å². The number of nitrogens with one attached hydrogen (secondary N) is 1. The molecule has 2 aromatic rings. The highest BCUT2D eigenvalue weighted by atomic mass is 16.5. The summed E-state index contributed by atoms with van der Waals surface area (Å²) in [6, 6.07) is 15.6. The number of rotatable bonds is 2. The first kappa shape index (κ1) is 18.2. The summed E-state index contributed by atoms with van der Waals surface area (Å²) in [4.78, 5) is 28.7. The molecule has 0 spiro atoms. The minimum absolute atomic E-state index is 0.126. The lowest BCUT2D eigenvalue weighted by atomic mass is 9.61. The molecule has 1 N–H and O–H groups in total. The summed E-state index contributed by atoms with van der Waals surface area (Å²) in [5.74, 6) is -0.343. The van der Waals surface area contributed by atoms with Gasteiger partial charge in [-0.15, -0.1) is 0 Å². The summed E-state index contributed by atoms with van der Waals surface area (Å²) in [5.41, 5.74) is 2.10. The van der Waals surface area contributed by atoms with Gasteiger partial charge in [0, 0.05) is 31.0 Å². The van der Waals surface area contributed by atoms with Gasteiger partial charge in [0.2, 0.25) is 11.8 Å². The third kappa shape index (κ3) is 2.60. The van der Waals surface area contributed by atoms with Crippen molar-refractivity contribution in [1.82, 2.24) is 4.90 Å². The van der Waals surface area contributed by atoms with Gasteiger partial charge in [-0.1, -0.05) is 42.8 Å². The molecule has 0 radical (unpaired) electrons. The molecule has 2 amide bonds. The number of para-hydroxylation sites is 2. The molecule has 5 heteroatoms. The van der Waals surface area contributed by atoms with E-state index in [1.165, 1.54) is 0 Å². The van der Waals surface area contributed by atoms with E-state index in [1.54, 1.807) is 11.9 Å². The highest BCUT2D eigenvalue weighted by Gasteiger charge is 2.63. The molecular weight excluding hydrogens is 364 g/mol. The molecule has 150 valence electrons. The van der Waals surface area contributed by atoms with E-state index >= 15 is 0 Å². The van der Waals surface area contributed by atoms with E-state index in [-0.39, 0.29) is 23.7 Å². The summed E-state index contributed by atoms with van der Waals surface area (Å²) in [5, 5.41) is 3.03. The van der Waals surface area contributed by atoms with Crippen LogP contribution in [-0.4, -0.2) is 29.5 Å². The maximum atomic E-state index is 13.5. The fourth-order valence-corrected chi connectivity index (χ4v) is 5.64. The minimum atomic E-state index is -0.749. The van der Waals surface area contributed by atoms with Crippen LogP contribution in [0.4, 0.5) is 5.69 Å². The van der Waals surface area contributed by atoms with Crippen molar-refractivity contribution in [3.63, 3.8) is 0 Å². The van der Waals surface area contributed by atoms with Crippen molar-refractivity contribution in [3.8, 4) is 5.75 Å². The number of aryl methyl sites for hydroxylation is 1. The Labute approximate surface area is 171 Å². The maximum Gasteiger partial charge on any atom is 0.238 e. The first-order chi connectivity index (χ1) is 14.0. The van der Waals surface area contributed by atoms with Gasteiger partial charge in [-0.05, 0) is 43.0 Å². The Balaban J connectivity index is 1.60. The van der Waals surface area contributed by atoms with Crippen LogP contribution in [0, 0.1) is 18.8 Å². The van der Waals surface area contributed by atoms with Crippen LogP contribution in [0.3, 0.4) is 0 Å². The first-order valence-electron chi connectivity index (χ1n) is 10.4. The van der Waals surface area contributed by atoms with Gasteiger partial charge >= 0.3 is 0 Å². The summed E-state index contributed by atoms with van der Waals surface area (Å²) in [7, 11) is 1.80. The van der Waals surface area contributed by atoms with Crippen LogP contribution >= 0.6 is 0 Å². The normalized spacial score (nSPS) is 30.1. The van der Waals surface area contributed by atoms with E-state index in [2.05, 4.69) is 5.32 Å². The SMILES string of the molecule is Cc1ccccc1NC(=O)[C@H]1C(=O)N(C)[C@@]23CCCC[C@@H]2[C@H]1c1ccccc1O3. The number of benzene rings is 2. The van der Waals surface area contributed by atoms with Crippen LogP contribution in [0.5, 0.6) is 5.75 Å². The van der Waals surface area contributed by atoms with Crippen molar-refractivity contribution < 1.29 is 14.3 Å². The fourth-order valence-electron chi connectivity index (χ4n) is 5.64. The summed E-state index contributed by atoms with van der Waals surface area (Å²) in [6.07, 6.45) is 3.91. The Kier molecular flexibility index (Phi) is 4.16. The van der Waals surface area contributed by atoms with Crippen molar-refractivity contribution >= 4 is 17.5 Å². The van der Waals surface area contributed by atoms with Gasteiger partial charge in [-0.25, -0.2) is 0 Å². The second-order valence-corrected chi connectivity index (χ2v) is 8.54. The fraction of sp³-hybridized carbons (Fsp3) is 0.417. The molecule has 1 aliphatic carbocycles. The van der Waals surface area contributed by atoms with Gasteiger partial charge in [0.05, 0.1) is 0 Å². The van der Waals surface area contributed by atoms with Gasteiger partial charge in [0.25, 0.3) is 0 Å². The molecule has 5 nitrogen and oxygen atoms in total. The van der Waals surface area contributed by atoms with E-state index in [4.69, 9.17) is 4.74 Å². The molecule has 3 aliphatic rings. The Bertz CT molecular complexity index is 988. The molecule has 5 rings (SSSR count). The molecule has 2 bridgehead atoms. The van der Waals surface area contributed by atoms with Gasteiger partial charge in [-0.2, -0.15) is 0 Å². The van der Waals surface area contributed by atoms with Crippen molar-refractivity contribution in [2.45, 2.75) is 44.2 Å². The highest BCUT2D eigenvalue weighted by molar-refractivity contribution is 6.08. The van der Waals surface area contributed by atoms with Crippen molar-refractivity contribution in [2.24, 2.45) is 11.8 Å². The predicted octanol–water partition coefficient (Wildman–Crippen LogP) is 4.08. The van der Waals surface area contributed by atoms with Crippen LogP contribution < -0.4 is 10.1 Å². The average molecular weight is 390 g/mol. The number of carbonyl (C=O) groups is 2. The van der Waals surface area contributed by atoms with Crippen LogP contribution in [0.25, 0.3) is 0 Å². The largest absolute Gasteiger partial charge is 0.467 e. The maximum absolute atomic E-state index is 13.5. The molecule has 1 saturated carbocycles. The lowest BCUT2D eigenvalue weighted by molar-refractivity contribution is -0.201. The molecule has 1 saturated heterocycles. The number of ether oxygens (including phenoxy) is 1. The molecule has 2 heterocycles. The molecule has 0 unspecified atom stereocenters. The first-order valence-corrected chi connectivity index (χ1v) is 10.4. The molecule has 0 aromatic heterocycles. The number of fused-ring (bicyclic) bond motifs is 2. The van der Waals surface area contributed by atoms with Gasteiger partial charge in [0.15, 0.2) is 5.72 Å². The number of amides is 2. The number of anilines is 1. The van der Waals surface area contributed by atoms with Gasteiger partial charge < -0.3 is 15.0 Å². The Morgan fingerprint density at radius 1 is 1.14 bits per heavy atom. The zero-order chi connectivity index (χ0) is 20.2. The number of likely N-dealkylation sites (tertiary alicyclic amines) is 1. The minimum Gasteiger partial charge on any atom is -0.467 e. The number of hydrogen-bond acceptors (Lipinski definition) is 3. The number of nitrogens with zero attached hydrogens (tertiary/aromatic N) is 1. The quantitative estimate of drug-likeness (QED) is 0.786. The highest BCUT2D eigenvalue weighted by Crippen LogP contribution is 2.58. The predicted molar refractivity (Wildman–Crippen MR) is 111 cm³/mol. The summed E-state index contributed by atoms with van der Waals surface area (Å²) in [6.45, 7) is 1.96. The van der Waals surface area contributed by atoms with Crippen molar-refractivity contribution in [3.05, 3.63) is 59.7 Å². The second-order valence-electron chi connectivity index (χ2n) is 8.54. The molecular formula is C24H26N2O3. The van der Waals surface area contributed by atoms with Crippen molar-refractivity contribution in [2.75, 3.05) is 12.4 Å². The number of carbonyl (C=O) groups excluding carboxylic acids is 2. The monoisotopic (exact) mass is 390 g/mol. The average Bonchev–Trinajstić information content (AvgIpc) is 2.73. The topological polar surface area (TPSA) is 58.6 Å². The Hall–Kier alpha value is -2.82. The molecule has 29 heavy (non-hydrogen) atoms. The second kappa shape index (κ2) is 6.61. The number of piperidine rings is 1. The van der Waals surface area contributed by atoms with Crippen LogP contribution in [-0.2, 0) is 9.59 Å². The van der Waals surface area contributed by atoms with Crippen LogP contribution in [0.1, 0.15) is 42.7 Å². The lowest BCUT2D eigenvalue weighted by Gasteiger charge is -2.59. The van der Waals surface area contributed by atoms with E-state index in [0.717, 1.165) is 48.2 Å². The van der Waals surface area contributed by atoms with Crippen molar-refractivity contribution in [1.29, 1.82) is 0 Å². The zero-order valence-corrected chi connectivity index (χ0v) is 16.9. The molecule has 2 aliphatic heterocycles. The molecule has 4 atom stereocenters. The standard InChI is InChI=1S/C24H26N2O3/c1-15-9-3-5-12-18(15)25-22(27)21-20-16-10-4-6-13-19(16)29-24(26(2)23(21)28)14-8-7-11-17(20)24/h3-6,9-10,12-13,17,20-21H,7-8,11,14H2,1-2H3,(H,25,27)/t17-,20-,21+,24-/m1/s1. The lowest BCUT2D eigenvalue weighted by Crippen LogP contribution is -2.70. The van der Waals surface area contributed by atoms with E-state index < -0.39 is 11.6 Å².